The number of rotatable bonds is 16. The van der Waals surface area contributed by atoms with Gasteiger partial charge in [-0.15, -0.1) is 13.2 Å². The van der Waals surface area contributed by atoms with Crippen LogP contribution in [0.25, 0.3) is 27.7 Å². The molecule has 0 radical (unpaired) electrons. The van der Waals surface area contributed by atoms with Crippen molar-refractivity contribution in [2.45, 2.75) is 160 Å². The Bertz CT molecular complexity index is 3470. The first-order valence-electron chi connectivity index (χ1n) is 30.2. The van der Waals surface area contributed by atoms with Gasteiger partial charge in [-0.2, -0.15) is 0 Å². The largest absolute Gasteiger partial charge is 0.325 e. The number of hydrogen-bond acceptors (Lipinski definition) is 9. The van der Waals surface area contributed by atoms with E-state index in [1.54, 1.807) is 13.1 Å². The molecule has 2 N–H and O–H groups in total. The molecule has 0 bridgehead atoms. The molecule has 2 aromatic carbocycles. The molecule has 3 unspecified atom stereocenters. The topological polar surface area (TPSA) is 138 Å². The zero-order chi connectivity index (χ0) is 63.5. The fraction of sp³-hybridized carbons (Fsp3) is 0.408. The highest BCUT2D eigenvalue weighted by Crippen LogP contribution is 2.56. The normalized spacial score (nSPS) is 17.2. The highest BCUT2D eigenvalue weighted by molar-refractivity contribution is 7.40. The predicted molar refractivity (Wildman–Crippen MR) is 372 cm³/mol. The number of anilines is 1. The summed E-state index contributed by atoms with van der Waals surface area (Å²) in [7, 11) is 7.00. The maximum atomic E-state index is 10.2. The van der Waals surface area contributed by atoms with E-state index in [4.69, 9.17) is 17.0 Å². The van der Waals surface area contributed by atoms with Crippen LogP contribution in [0.3, 0.4) is 0 Å². The van der Waals surface area contributed by atoms with Gasteiger partial charge in [-0.3, -0.25) is 23.9 Å². The van der Waals surface area contributed by atoms with E-state index in [0.29, 0.717) is 47.1 Å². The first-order valence-corrected chi connectivity index (χ1v) is 31.1. The molecule has 0 spiro atoms. The number of likely N-dealkylation sites (N-methyl/N-ethyl adjacent to an activating group) is 1. The number of nitrogens with one attached hydrogen (secondary N) is 2. The third-order valence-electron chi connectivity index (χ3n) is 14.7. The molecular formula is C71H98ClN11OP+. The summed E-state index contributed by atoms with van der Waals surface area (Å²) < 4.78 is 5.14. The SMILES string of the molecule is C=C.C=C(/C(C(C)=N)=C1/C2=C[N+]2(C)C1C)c1ccccc1.C=Nc1cccnc1/C(=C\CC)C(C)C.CC.CC(=O)C1CC1.CC(C)c1cc(N=C(P)C2CC2)nc2cccc(Cl)c12.CC/C=C(\N=C(C)C)Nc1cc(C(C)C)n2c(cn2C)n1. The van der Waals surface area contributed by atoms with Gasteiger partial charge in [0.15, 0.2) is 17.7 Å². The molecule has 14 heteroatoms. The summed E-state index contributed by atoms with van der Waals surface area (Å²) in [6.07, 6.45) is 17.1. The molecule has 4 aliphatic rings. The summed E-state index contributed by atoms with van der Waals surface area (Å²) in [4.78, 5) is 37.1. The van der Waals surface area contributed by atoms with Gasteiger partial charge in [0.1, 0.15) is 23.5 Å². The fourth-order valence-electron chi connectivity index (χ4n) is 9.74. The van der Waals surface area contributed by atoms with Gasteiger partial charge in [-0.1, -0.05) is 139 Å². The molecule has 4 aromatic heterocycles. The van der Waals surface area contributed by atoms with Gasteiger partial charge < -0.3 is 10.7 Å². The van der Waals surface area contributed by atoms with Crippen molar-refractivity contribution in [2.75, 3.05) is 12.4 Å². The first kappa shape index (κ1) is 70.5. The molecule has 12 nitrogen and oxygen atoms in total. The maximum absolute atomic E-state index is 10.2. The predicted octanol–water partition coefficient (Wildman–Crippen LogP) is 19.7. The molecule has 454 valence electrons. The van der Waals surface area contributed by atoms with Crippen molar-refractivity contribution in [3.8, 4) is 0 Å². The molecule has 3 atom stereocenters. The number of Topliss-reactive ketones (excluding diaryl/α,β-unsaturated/α-hetero) is 1. The third kappa shape index (κ3) is 19.0. The molecule has 3 fully saturated rings. The Kier molecular flexibility index (Phi) is 27.4. The van der Waals surface area contributed by atoms with Crippen LogP contribution in [-0.2, 0) is 11.8 Å². The highest BCUT2D eigenvalue weighted by Gasteiger charge is 2.63. The highest BCUT2D eigenvalue weighted by atomic mass is 35.5. The summed E-state index contributed by atoms with van der Waals surface area (Å²) in [5, 5.41) is 13.3. The van der Waals surface area contributed by atoms with E-state index in [2.05, 4.69) is 192 Å². The Morgan fingerprint density at radius 3 is 2.01 bits per heavy atom. The van der Waals surface area contributed by atoms with Crippen LogP contribution >= 0.6 is 20.8 Å². The van der Waals surface area contributed by atoms with Gasteiger partial charge in [0.2, 0.25) is 5.70 Å². The maximum Gasteiger partial charge on any atom is 0.201 e. The molecule has 6 aromatic rings. The second-order valence-corrected chi connectivity index (χ2v) is 23.7. The summed E-state index contributed by atoms with van der Waals surface area (Å²) in [6, 6.07) is 24.5. The Morgan fingerprint density at radius 2 is 1.53 bits per heavy atom. The van der Waals surface area contributed by atoms with Crippen molar-refractivity contribution in [1.29, 1.82) is 5.41 Å². The molecule has 1 saturated heterocycles. The standard InChI is InChI=1S/C17H19N2.C16H18ClN2P.C16H25N5.C13H18N2.C5H8O.C2H6.C2H4/c1-11(14-8-6-5-7-9-14)16(12(2)18)17-13(3)19(4)10-15(17)19;1-9(2)11-8-14(19-16(20)10-6-7-10)18-13-5-3-4-12(17)15(11)13;1-7-8-14(17-12(4)5)18-15-9-13(11(2)3)21-16(19-15)10-20(21)6;1-5-7-11(10(2)3)13-12(14-4)8-6-9-15-13;1-4(6)5-2-3-5;2*1-2/h5-10,13,18H,1H2,2-4H3;3-5,8-10H,6-7,20H2,1-2H3;8-11H,7H2,1-6H3,(H,18,19);6-10H,4-5H2,1-3H3;5H,2-3H2,1H3;1-2H3;1-2H2/q+1;;;;;;/b17-16-,18-12?;;14-8+;11-7-;;;. The zero-order valence-corrected chi connectivity index (χ0v) is 56.1. The van der Waals surface area contributed by atoms with E-state index in [9.17, 15) is 4.79 Å². The van der Waals surface area contributed by atoms with Crippen LogP contribution < -0.4 is 5.32 Å². The van der Waals surface area contributed by atoms with Crippen molar-refractivity contribution in [2.24, 2.45) is 39.8 Å². The molecular weight excluding hydrogens is 1090 g/mol. The van der Waals surface area contributed by atoms with E-state index in [1.807, 2.05) is 96.4 Å². The van der Waals surface area contributed by atoms with E-state index in [1.165, 1.54) is 40.9 Å². The number of benzene rings is 2. The number of quaternary nitrogens is 1. The van der Waals surface area contributed by atoms with Crippen molar-refractivity contribution < 1.29 is 9.28 Å². The quantitative estimate of drug-likeness (QED) is 0.0430. The van der Waals surface area contributed by atoms with E-state index < -0.39 is 0 Å². The number of aliphatic imine (C=N–C) groups is 3. The molecule has 2 aliphatic carbocycles. The molecule has 2 aliphatic heterocycles. The van der Waals surface area contributed by atoms with Gasteiger partial charge in [0, 0.05) is 64.7 Å². The van der Waals surface area contributed by atoms with E-state index in [0.717, 1.165) is 108 Å². The van der Waals surface area contributed by atoms with Gasteiger partial charge >= 0.3 is 0 Å². The van der Waals surface area contributed by atoms with Crippen molar-refractivity contribution in [1.82, 2.24) is 24.1 Å². The molecule has 2 saturated carbocycles. The van der Waals surface area contributed by atoms with Gasteiger partial charge in [-0.05, 0) is 156 Å². The number of carbonyl (C=O) groups is 1. The number of carbonyl (C=O) groups excluding carboxylic acids is 1. The Morgan fingerprint density at radius 1 is 0.894 bits per heavy atom. The monoisotopic (exact) mass is 1190 g/mol. The van der Waals surface area contributed by atoms with Crippen LogP contribution in [0, 0.1) is 23.2 Å². The minimum atomic E-state index is 0.370. The van der Waals surface area contributed by atoms with Crippen LogP contribution in [-0.4, -0.2) is 71.1 Å². The van der Waals surface area contributed by atoms with Crippen LogP contribution in [0.2, 0.25) is 5.02 Å². The lowest BCUT2D eigenvalue weighted by atomic mass is 9.85. The van der Waals surface area contributed by atoms with Crippen LogP contribution in [0.1, 0.15) is 177 Å². The Labute approximate surface area is 517 Å². The molecule has 85 heavy (non-hydrogen) atoms. The van der Waals surface area contributed by atoms with E-state index in [-0.39, 0.29) is 0 Å². The molecule has 6 heterocycles. The third-order valence-corrected chi connectivity index (χ3v) is 15.6. The molecule has 10 rings (SSSR count). The Hall–Kier alpha value is -6.98. The first-order chi connectivity index (χ1) is 40.4. The number of halogens is 1. The Balaban J connectivity index is 0.000000231. The van der Waals surface area contributed by atoms with Crippen LogP contribution in [0.15, 0.2) is 161 Å². The summed E-state index contributed by atoms with van der Waals surface area (Å²) in [5.74, 6) is 5.25. The molecule has 0 amide bonds. The zero-order valence-electron chi connectivity index (χ0n) is 54.2. The van der Waals surface area contributed by atoms with Crippen molar-refractivity contribution >= 4 is 95.2 Å². The second-order valence-electron chi connectivity index (χ2n) is 22.7. The fourth-order valence-corrected chi connectivity index (χ4v) is 10.5. The lowest BCUT2D eigenvalue weighted by Gasteiger charge is -2.35. The lowest BCUT2D eigenvalue weighted by Crippen LogP contribution is -2.45. The average Bonchev–Trinajstić information content (AvgIpc) is 1.53. The van der Waals surface area contributed by atoms with Crippen LogP contribution in [0.5, 0.6) is 0 Å². The average molecular weight is 1190 g/mol. The smallest absolute Gasteiger partial charge is 0.201 e. The van der Waals surface area contributed by atoms with Gasteiger partial charge in [0.25, 0.3) is 0 Å². The minimum absolute atomic E-state index is 0.370. The van der Waals surface area contributed by atoms with E-state index >= 15 is 0 Å². The summed E-state index contributed by atoms with van der Waals surface area (Å²) >= 11 is 6.34. The number of pyridine rings is 2. The lowest BCUT2D eigenvalue weighted by molar-refractivity contribution is -0.800. The number of aryl methyl sites for hydroxylation is 1. The second kappa shape index (κ2) is 33.1. The summed E-state index contributed by atoms with van der Waals surface area (Å²) in [6.45, 7) is 44.8. The number of ketones is 1. The number of fused-ring (bicyclic) bond motifs is 3. The van der Waals surface area contributed by atoms with Gasteiger partial charge in [-0.25, -0.2) is 24.5 Å². The number of hydrogen-bond donors (Lipinski definition) is 2. The number of allylic oxidation sites excluding steroid dienone is 5. The van der Waals surface area contributed by atoms with Crippen molar-refractivity contribution in [3.63, 3.8) is 0 Å². The van der Waals surface area contributed by atoms with Gasteiger partial charge in [0.05, 0.1) is 40.7 Å². The van der Waals surface area contributed by atoms with Crippen LogP contribution in [0.4, 0.5) is 17.3 Å². The summed E-state index contributed by atoms with van der Waals surface area (Å²) in [5.41, 5.74) is 16.0. The number of nitrogens with zero attached hydrogens (tertiary/aromatic N) is 9. The minimum Gasteiger partial charge on any atom is -0.325 e. The van der Waals surface area contributed by atoms with Crippen molar-refractivity contribution in [3.05, 3.63) is 173 Å². The number of aromatic nitrogens is 5.